The summed E-state index contributed by atoms with van der Waals surface area (Å²) < 4.78 is 4.97. The molecule has 70 valence electrons. The van der Waals surface area contributed by atoms with Crippen LogP contribution in [0.3, 0.4) is 0 Å². The lowest BCUT2D eigenvalue weighted by Crippen LogP contribution is -2.33. The van der Waals surface area contributed by atoms with Gasteiger partial charge in [0.15, 0.2) is 0 Å². The Morgan fingerprint density at radius 1 is 1.58 bits per heavy atom. The fourth-order valence-electron chi connectivity index (χ4n) is 1.70. The molecule has 1 rings (SSSR count). The maximum atomic E-state index is 9.95. The highest BCUT2D eigenvalue weighted by Crippen LogP contribution is 2.27. The van der Waals surface area contributed by atoms with Crippen molar-refractivity contribution in [1.29, 1.82) is 0 Å². The molecule has 0 aromatic rings. The minimum atomic E-state index is -0.741. The first kappa shape index (κ1) is 9.75. The first-order valence-electron chi connectivity index (χ1n) is 4.57. The van der Waals surface area contributed by atoms with Crippen LogP contribution in [0, 0.1) is 0 Å². The number of rotatable bonds is 3. The molecule has 2 heteroatoms. The van der Waals surface area contributed by atoms with Crippen LogP contribution in [0.25, 0.3) is 0 Å². The number of ether oxygens (including phenoxy) is 1. The molecule has 2 nitrogen and oxygen atoms in total. The quantitative estimate of drug-likeness (QED) is 0.655. The highest BCUT2D eigenvalue weighted by Gasteiger charge is 2.25. The maximum Gasteiger partial charge on any atom is 0.106 e. The van der Waals surface area contributed by atoms with E-state index in [0.717, 1.165) is 18.4 Å². The van der Waals surface area contributed by atoms with Gasteiger partial charge < -0.3 is 9.84 Å². The first-order chi connectivity index (χ1) is 5.67. The molecule has 0 spiro atoms. The lowest BCUT2D eigenvalue weighted by molar-refractivity contribution is 0.00804. The second kappa shape index (κ2) is 4.06. The lowest BCUT2D eigenvalue weighted by Gasteiger charge is -2.28. The van der Waals surface area contributed by atoms with Gasteiger partial charge in [-0.2, -0.15) is 0 Å². The van der Waals surface area contributed by atoms with Crippen molar-refractivity contribution in [2.75, 3.05) is 13.7 Å². The molecule has 0 fully saturated rings. The predicted octanol–water partition coefficient (Wildman–Crippen LogP) is 1.88. The standard InChI is InChI=1S/C10H18O2/c1-10(11,8-12-2)9-6-4-3-5-7-9/h6,11H,3-5,7-8H2,1-2H3. The molecule has 0 heterocycles. The second-order valence-corrected chi connectivity index (χ2v) is 3.68. The first-order valence-corrected chi connectivity index (χ1v) is 4.57. The summed E-state index contributed by atoms with van der Waals surface area (Å²) >= 11 is 0. The van der Waals surface area contributed by atoms with Crippen molar-refractivity contribution < 1.29 is 9.84 Å². The van der Waals surface area contributed by atoms with Crippen LogP contribution in [-0.4, -0.2) is 24.4 Å². The third kappa shape index (κ3) is 2.32. The summed E-state index contributed by atoms with van der Waals surface area (Å²) in [5, 5.41) is 9.95. The fraction of sp³-hybridized carbons (Fsp3) is 0.800. The minimum absolute atomic E-state index is 0.402. The number of hydrogen-bond donors (Lipinski definition) is 1. The van der Waals surface area contributed by atoms with Crippen LogP contribution in [0.2, 0.25) is 0 Å². The van der Waals surface area contributed by atoms with Gasteiger partial charge in [0.1, 0.15) is 5.60 Å². The summed E-state index contributed by atoms with van der Waals surface area (Å²) in [7, 11) is 1.62. The van der Waals surface area contributed by atoms with Gasteiger partial charge in [-0.25, -0.2) is 0 Å². The van der Waals surface area contributed by atoms with Gasteiger partial charge in [0.05, 0.1) is 6.61 Å². The van der Waals surface area contributed by atoms with E-state index in [1.54, 1.807) is 7.11 Å². The van der Waals surface area contributed by atoms with E-state index in [1.807, 2.05) is 6.92 Å². The van der Waals surface area contributed by atoms with Crippen LogP contribution in [0.4, 0.5) is 0 Å². The monoisotopic (exact) mass is 170 g/mol. The largest absolute Gasteiger partial charge is 0.383 e. The Balaban J connectivity index is 2.59. The Bertz CT molecular complexity index is 171. The Morgan fingerprint density at radius 2 is 2.33 bits per heavy atom. The van der Waals surface area contributed by atoms with Crippen molar-refractivity contribution in [3.05, 3.63) is 11.6 Å². The van der Waals surface area contributed by atoms with Crippen molar-refractivity contribution >= 4 is 0 Å². The zero-order valence-electron chi connectivity index (χ0n) is 7.97. The molecule has 0 amide bonds. The summed E-state index contributed by atoms with van der Waals surface area (Å²) in [5.41, 5.74) is 0.408. The molecule has 0 aromatic heterocycles. The van der Waals surface area contributed by atoms with Crippen LogP contribution in [-0.2, 0) is 4.74 Å². The molecule has 0 aromatic carbocycles. The van der Waals surface area contributed by atoms with Gasteiger partial charge >= 0.3 is 0 Å². The Hall–Kier alpha value is -0.340. The zero-order valence-corrected chi connectivity index (χ0v) is 7.97. The van der Waals surface area contributed by atoms with Crippen molar-refractivity contribution in [3.8, 4) is 0 Å². The summed E-state index contributed by atoms with van der Waals surface area (Å²) in [6.45, 7) is 2.23. The normalized spacial score (nSPS) is 23.1. The van der Waals surface area contributed by atoms with Crippen molar-refractivity contribution in [1.82, 2.24) is 0 Å². The molecule has 12 heavy (non-hydrogen) atoms. The van der Waals surface area contributed by atoms with Gasteiger partial charge in [-0.05, 0) is 38.2 Å². The van der Waals surface area contributed by atoms with Gasteiger partial charge in [0, 0.05) is 7.11 Å². The van der Waals surface area contributed by atoms with E-state index in [4.69, 9.17) is 4.74 Å². The fourth-order valence-corrected chi connectivity index (χ4v) is 1.70. The molecule has 0 saturated carbocycles. The third-order valence-corrected chi connectivity index (χ3v) is 2.41. The average Bonchev–Trinajstić information content (AvgIpc) is 2.06. The van der Waals surface area contributed by atoms with Gasteiger partial charge in [-0.15, -0.1) is 0 Å². The molecule has 1 aliphatic carbocycles. The van der Waals surface area contributed by atoms with Crippen molar-refractivity contribution in [3.63, 3.8) is 0 Å². The van der Waals surface area contributed by atoms with Crippen molar-refractivity contribution in [2.24, 2.45) is 0 Å². The van der Waals surface area contributed by atoms with Gasteiger partial charge in [0.2, 0.25) is 0 Å². The smallest absolute Gasteiger partial charge is 0.106 e. The van der Waals surface area contributed by atoms with Gasteiger partial charge in [-0.1, -0.05) is 6.08 Å². The number of methoxy groups -OCH3 is 1. The van der Waals surface area contributed by atoms with Crippen LogP contribution >= 0.6 is 0 Å². The molecule has 0 radical (unpaired) electrons. The lowest BCUT2D eigenvalue weighted by atomic mass is 9.87. The van der Waals surface area contributed by atoms with E-state index in [9.17, 15) is 5.11 Å². The van der Waals surface area contributed by atoms with E-state index in [0.29, 0.717) is 6.61 Å². The average molecular weight is 170 g/mol. The van der Waals surface area contributed by atoms with Crippen LogP contribution in [0.1, 0.15) is 32.6 Å². The minimum Gasteiger partial charge on any atom is -0.383 e. The maximum absolute atomic E-state index is 9.95. The molecule has 1 N–H and O–H groups in total. The number of hydrogen-bond acceptors (Lipinski definition) is 2. The Morgan fingerprint density at radius 3 is 2.83 bits per heavy atom. The summed E-state index contributed by atoms with van der Waals surface area (Å²) in [5.74, 6) is 0. The molecular weight excluding hydrogens is 152 g/mol. The van der Waals surface area contributed by atoms with E-state index in [2.05, 4.69) is 6.08 Å². The number of allylic oxidation sites excluding steroid dienone is 1. The van der Waals surface area contributed by atoms with Crippen LogP contribution < -0.4 is 0 Å². The summed E-state index contributed by atoms with van der Waals surface area (Å²) in [6, 6.07) is 0. The van der Waals surface area contributed by atoms with E-state index < -0.39 is 5.60 Å². The second-order valence-electron chi connectivity index (χ2n) is 3.68. The topological polar surface area (TPSA) is 29.5 Å². The van der Waals surface area contributed by atoms with E-state index in [-0.39, 0.29) is 0 Å². The van der Waals surface area contributed by atoms with Crippen molar-refractivity contribution in [2.45, 2.75) is 38.2 Å². The molecule has 0 saturated heterocycles. The molecule has 1 atom stereocenters. The molecule has 0 bridgehead atoms. The Kier molecular flexibility index (Phi) is 3.29. The van der Waals surface area contributed by atoms with Crippen LogP contribution in [0.15, 0.2) is 11.6 Å². The summed E-state index contributed by atoms with van der Waals surface area (Å²) in [6.07, 6.45) is 6.74. The Labute approximate surface area is 74.2 Å². The SMILES string of the molecule is COCC(C)(O)C1=CCCCC1. The van der Waals surface area contributed by atoms with Crippen LogP contribution in [0.5, 0.6) is 0 Å². The number of aliphatic hydroxyl groups is 1. The van der Waals surface area contributed by atoms with E-state index in [1.165, 1.54) is 12.8 Å². The molecule has 1 unspecified atom stereocenters. The highest BCUT2D eigenvalue weighted by atomic mass is 16.5. The molecule has 0 aliphatic heterocycles. The third-order valence-electron chi connectivity index (χ3n) is 2.41. The highest BCUT2D eigenvalue weighted by molar-refractivity contribution is 5.17. The van der Waals surface area contributed by atoms with Gasteiger partial charge in [0.25, 0.3) is 0 Å². The van der Waals surface area contributed by atoms with E-state index >= 15 is 0 Å². The molecular formula is C10H18O2. The zero-order chi connectivity index (χ0) is 9.03. The molecule has 1 aliphatic rings. The van der Waals surface area contributed by atoms with Gasteiger partial charge in [-0.3, -0.25) is 0 Å². The summed E-state index contributed by atoms with van der Waals surface area (Å²) in [4.78, 5) is 0. The predicted molar refractivity (Wildman–Crippen MR) is 49.1 cm³/mol.